The fraction of sp³-hybridized carbons (Fsp3) is 0.533. The zero-order valence-electron chi connectivity index (χ0n) is 12.6. The number of benzene rings is 1. The van der Waals surface area contributed by atoms with Gasteiger partial charge in [-0.05, 0) is 37.3 Å². The Morgan fingerprint density at radius 3 is 2.57 bits per heavy atom. The van der Waals surface area contributed by atoms with Crippen molar-refractivity contribution in [2.75, 3.05) is 18.6 Å². The molecule has 0 aliphatic heterocycles. The number of carbonyl (C=O) groups is 1. The third kappa shape index (κ3) is 6.59. The van der Waals surface area contributed by atoms with Crippen LogP contribution in [0, 0.1) is 0 Å². The molecule has 0 radical (unpaired) electrons. The van der Waals surface area contributed by atoms with E-state index in [4.69, 9.17) is 11.6 Å². The highest BCUT2D eigenvalue weighted by molar-refractivity contribution is 7.98. The van der Waals surface area contributed by atoms with Gasteiger partial charge >= 0.3 is 6.03 Å². The first-order valence-corrected chi connectivity index (χ1v) is 8.66. The molecule has 6 heteroatoms. The molecule has 0 fully saturated rings. The van der Waals surface area contributed by atoms with Crippen molar-refractivity contribution in [3.8, 4) is 0 Å². The van der Waals surface area contributed by atoms with Crippen LogP contribution in [0.1, 0.15) is 31.9 Å². The van der Waals surface area contributed by atoms with Crippen molar-refractivity contribution < 1.29 is 9.90 Å². The van der Waals surface area contributed by atoms with E-state index < -0.39 is 5.60 Å². The van der Waals surface area contributed by atoms with E-state index in [0.717, 1.165) is 12.0 Å². The quantitative estimate of drug-likeness (QED) is 0.719. The summed E-state index contributed by atoms with van der Waals surface area (Å²) in [5.74, 6) is 0.571. The minimum Gasteiger partial charge on any atom is -0.387 e. The minimum atomic E-state index is -0.904. The van der Waals surface area contributed by atoms with E-state index in [2.05, 4.69) is 10.6 Å². The molecule has 21 heavy (non-hydrogen) atoms. The third-order valence-electron chi connectivity index (χ3n) is 3.07. The molecular weight excluding hydrogens is 308 g/mol. The number of rotatable bonds is 7. The van der Waals surface area contributed by atoms with Gasteiger partial charge in [0.15, 0.2) is 0 Å². The summed E-state index contributed by atoms with van der Waals surface area (Å²) in [7, 11) is 0. The lowest BCUT2D eigenvalue weighted by Gasteiger charge is -2.24. The third-order valence-corrected chi connectivity index (χ3v) is 4.23. The monoisotopic (exact) mass is 330 g/mol. The van der Waals surface area contributed by atoms with Crippen molar-refractivity contribution >= 4 is 29.4 Å². The smallest absolute Gasteiger partial charge is 0.315 e. The Morgan fingerprint density at radius 2 is 2.05 bits per heavy atom. The molecule has 0 saturated heterocycles. The van der Waals surface area contributed by atoms with Crippen molar-refractivity contribution in [2.24, 2.45) is 0 Å². The Kier molecular flexibility index (Phi) is 7.35. The van der Waals surface area contributed by atoms with Crippen molar-refractivity contribution in [3.63, 3.8) is 0 Å². The second-order valence-electron chi connectivity index (χ2n) is 5.27. The lowest BCUT2D eigenvalue weighted by molar-refractivity contribution is 0.0868. The normalized spacial score (nSPS) is 15.1. The number of nitrogens with one attached hydrogen (secondary N) is 2. The van der Waals surface area contributed by atoms with Crippen molar-refractivity contribution in [1.82, 2.24) is 10.6 Å². The lowest BCUT2D eigenvalue weighted by Crippen LogP contribution is -2.46. The van der Waals surface area contributed by atoms with Crippen LogP contribution in [0.2, 0.25) is 5.02 Å². The first-order chi connectivity index (χ1) is 9.88. The average Bonchev–Trinajstić information content (AvgIpc) is 2.44. The number of halogens is 1. The van der Waals surface area contributed by atoms with Crippen LogP contribution < -0.4 is 10.6 Å². The number of thioether (sulfide) groups is 1. The number of aliphatic hydroxyl groups is 1. The first-order valence-electron chi connectivity index (χ1n) is 6.89. The SMILES string of the molecule is CCC(NC(=O)NCC(C)(O)CSC)c1ccc(Cl)cc1. The fourth-order valence-corrected chi connectivity index (χ4v) is 2.81. The van der Waals surface area contributed by atoms with E-state index in [1.807, 2.05) is 37.4 Å². The summed E-state index contributed by atoms with van der Waals surface area (Å²) in [6.07, 6.45) is 2.69. The highest BCUT2D eigenvalue weighted by Gasteiger charge is 2.21. The van der Waals surface area contributed by atoms with Crippen LogP contribution in [-0.4, -0.2) is 35.3 Å². The maximum absolute atomic E-state index is 11.9. The molecule has 2 unspecified atom stereocenters. The second-order valence-corrected chi connectivity index (χ2v) is 6.57. The summed E-state index contributed by atoms with van der Waals surface area (Å²) < 4.78 is 0. The maximum Gasteiger partial charge on any atom is 0.315 e. The van der Waals surface area contributed by atoms with Crippen molar-refractivity contribution in [2.45, 2.75) is 31.9 Å². The molecule has 0 bridgehead atoms. The number of hydrogen-bond donors (Lipinski definition) is 3. The van der Waals surface area contributed by atoms with Gasteiger partial charge < -0.3 is 15.7 Å². The van der Waals surface area contributed by atoms with E-state index in [1.165, 1.54) is 0 Å². The molecule has 0 spiro atoms. The van der Waals surface area contributed by atoms with E-state index in [0.29, 0.717) is 10.8 Å². The van der Waals surface area contributed by atoms with Crippen LogP contribution >= 0.6 is 23.4 Å². The Morgan fingerprint density at radius 1 is 1.43 bits per heavy atom. The van der Waals surface area contributed by atoms with E-state index in [1.54, 1.807) is 18.7 Å². The van der Waals surface area contributed by atoms with Gasteiger partial charge in [0.2, 0.25) is 0 Å². The molecule has 0 saturated carbocycles. The highest BCUT2D eigenvalue weighted by Crippen LogP contribution is 2.19. The summed E-state index contributed by atoms with van der Waals surface area (Å²) in [6.45, 7) is 3.93. The van der Waals surface area contributed by atoms with Gasteiger partial charge in [-0.3, -0.25) is 0 Å². The van der Waals surface area contributed by atoms with Gasteiger partial charge in [0.1, 0.15) is 0 Å². The lowest BCUT2D eigenvalue weighted by atomic mass is 10.1. The van der Waals surface area contributed by atoms with Gasteiger partial charge in [-0.25, -0.2) is 4.79 Å². The largest absolute Gasteiger partial charge is 0.387 e. The summed E-state index contributed by atoms with van der Waals surface area (Å²) in [4.78, 5) is 11.9. The Labute approximate surface area is 135 Å². The standard InChI is InChI=1S/C15H23ClN2O2S/c1-4-13(11-5-7-12(16)8-6-11)18-14(19)17-9-15(2,20)10-21-3/h5-8,13,20H,4,9-10H2,1-3H3,(H2,17,18,19). The summed E-state index contributed by atoms with van der Waals surface area (Å²) in [6, 6.07) is 7.07. The zero-order valence-corrected chi connectivity index (χ0v) is 14.2. The Hall–Kier alpha value is -0.910. The van der Waals surface area contributed by atoms with E-state index in [-0.39, 0.29) is 18.6 Å². The molecule has 1 rings (SSSR count). The van der Waals surface area contributed by atoms with E-state index >= 15 is 0 Å². The molecule has 2 atom stereocenters. The topological polar surface area (TPSA) is 61.4 Å². The summed E-state index contributed by atoms with van der Waals surface area (Å²) in [5, 5.41) is 16.3. The van der Waals surface area contributed by atoms with Crippen molar-refractivity contribution in [3.05, 3.63) is 34.9 Å². The van der Waals surface area contributed by atoms with E-state index in [9.17, 15) is 9.90 Å². The van der Waals surface area contributed by atoms with Gasteiger partial charge in [-0.1, -0.05) is 30.7 Å². The molecule has 0 aliphatic rings. The predicted molar refractivity (Wildman–Crippen MR) is 90.0 cm³/mol. The van der Waals surface area contributed by atoms with Gasteiger partial charge in [0.05, 0.1) is 11.6 Å². The average molecular weight is 331 g/mol. The Balaban J connectivity index is 2.53. The molecule has 0 aromatic heterocycles. The Bertz CT molecular complexity index is 451. The van der Waals surface area contributed by atoms with Crippen LogP contribution in [0.4, 0.5) is 4.79 Å². The summed E-state index contributed by atoms with van der Waals surface area (Å²) >= 11 is 7.41. The molecule has 2 amide bonds. The number of hydrogen-bond acceptors (Lipinski definition) is 3. The van der Waals surface area contributed by atoms with Crippen LogP contribution in [0.25, 0.3) is 0 Å². The first kappa shape index (κ1) is 18.1. The molecule has 1 aromatic rings. The maximum atomic E-state index is 11.9. The van der Waals surface area contributed by atoms with Crippen LogP contribution in [0.15, 0.2) is 24.3 Å². The van der Waals surface area contributed by atoms with Crippen LogP contribution in [0.3, 0.4) is 0 Å². The highest BCUT2D eigenvalue weighted by atomic mass is 35.5. The summed E-state index contributed by atoms with van der Waals surface area (Å²) in [5.41, 5.74) is 0.103. The molecule has 0 heterocycles. The number of urea groups is 1. The fourth-order valence-electron chi connectivity index (χ4n) is 1.96. The second kappa shape index (κ2) is 8.51. The zero-order chi connectivity index (χ0) is 15.9. The van der Waals surface area contributed by atoms with Gasteiger partial charge in [0, 0.05) is 17.3 Å². The van der Waals surface area contributed by atoms with Gasteiger partial charge in [-0.2, -0.15) is 11.8 Å². The van der Waals surface area contributed by atoms with Crippen LogP contribution in [0.5, 0.6) is 0 Å². The van der Waals surface area contributed by atoms with Gasteiger partial charge in [0.25, 0.3) is 0 Å². The molecule has 1 aromatic carbocycles. The molecule has 0 aliphatic carbocycles. The van der Waals surface area contributed by atoms with Crippen LogP contribution in [-0.2, 0) is 0 Å². The van der Waals surface area contributed by atoms with Gasteiger partial charge in [-0.15, -0.1) is 0 Å². The molecular formula is C15H23ClN2O2S. The van der Waals surface area contributed by atoms with Crippen molar-refractivity contribution in [1.29, 1.82) is 0 Å². The number of carbonyl (C=O) groups excluding carboxylic acids is 1. The molecule has 118 valence electrons. The number of amides is 2. The predicted octanol–water partition coefficient (Wildman–Crippen LogP) is 3.20. The molecule has 4 nitrogen and oxygen atoms in total. The molecule has 3 N–H and O–H groups in total. The minimum absolute atomic E-state index is 0.0761.